The second-order valence-corrected chi connectivity index (χ2v) is 5.22. The molecule has 1 aromatic heterocycles. The number of hydrogen-bond donors (Lipinski definition) is 1. The largest absolute Gasteiger partial charge is 0.484 e. The summed E-state index contributed by atoms with van der Waals surface area (Å²) in [5.41, 5.74) is 3.53. The molecule has 4 nitrogen and oxygen atoms in total. The van der Waals surface area contributed by atoms with Crippen molar-refractivity contribution in [3.05, 3.63) is 53.3 Å². The van der Waals surface area contributed by atoms with Gasteiger partial charge in [-0.15, -0.1) is 0 Å². The van der Waals surface area contributed by atoms with Crippen molar-refractivity contribution in [2.24, 2.45) is 0 Å². The maximum Gasteiger partial charge on any atom is 0.258 e. The third kappa shape index (κ3) is 4.38. The Morgan fingerprint density at radius 1 is 1.14 bits per heavy atom. The number of hydrogen-bond acceptors (Lipinski definition) is 2. The maximum atomic E-state index is 11.8. The SMILES string of the molecule is Cc1cccc(OCC(=O)NCCn2c(C)ccc2C)c1. The van der Waals surface area contributed by atoms with Gasteiger partial charge in [0.05, 0.1) is 0 Å². The van der Waals surface area contributed by atoms with Gasteiger partial charge in [0.2, 0.25) is 0 Å². The molecule has 1 aromatic carbocycles. The van der Waals surface area contributed by atoms with Gasteiger partial charge in [-0.3, -0.25) is 4.79 Å². The lowest BCUT2D eigenvalue weighted by Crippen LogP contribution is -2.31. The zero-order valence-corrected chi connectivity index (χ0v) is 12.8. The highest BCUT2D eigenvalue weighted by Crippen LogP contribution is 2.11. The topological polar surface area (TPSA) is 43.3 Å². The number of aromatic nitrogens is 1. The van der Waals surface area contributed by atoms with Crippen LogP contribution >= 0.6 is 0 Å². The molecule has 21 heavy (non-hydrogen) atoms. The Labute approximate surface area is 125 Å². The van der Waals surface area contributed by atoms with E-state index >= 15 is 0 Å². The Hall–Kier alpha value is -2.23. The molecule has 0 aliphatic carbocycles. The third-order valence-corrected chi connectivity index (χ3v) is 3.43. The number of rotatable bonds is 6. The molecule has 0 unspecified atom stereocenters. The Bertz CT molecular complexity index is 598. The van der Waals surface area contributed by atoms with Crippen LogP contribution < -0.4 is 10.1 Å². The average molecular weight is 286 g/mol. The van der Waals surface area contributed by atoms with Crippen LogP contribution in [0.5, 0.6) is 5.75 Å². The van der Waals surface area contributed by atoms with Crippen molar-refractivity contribution in [3.8, 4) is 5.75 Å². The fourth-order valence-corrected chi connectivity index (χ4v) is 2.26. The van der Waals surface area contributed by atoms with Crippen molar-refractivity contribution < 1.29 is 9.53 Å². The number of carbonyl (C=O) groups is 1. The molecule has 2 rings (SSSR count). The second-order valence-electron chi connectivity index (χ2n) is 5.22. The van der Waals surface area contributed by atoms with E-state index in [0.29, 0.717) is 6.54 Å². The van der Waals surface area contributed by atoms with Gasteiger partial charge in [-0.25, -0.2) is 0 Å². The van der Waals surface area contributed by atoms with Gasteiger partial charge >= 0.3 is 0 Å². The summed E-state index contributed by atoms with van der Waals surface area (Å²) in [7, 11) is 0. The molecule has 0 radical (unpaired) electrons. The minimum absolute atomic E-state index is 0.0487. The Kier molecular flexibility index (Phi) is 5.04. The van der Waals surface area contributed by atoms with E-state index in [4.69, 9.17) is 4.74 Å². The lowest BCUT2D eigenvalue weighted by atomic mass is 10.2. The van der Waals surface area contributed by atoms with E-state index in [9.17, 15) is 4.79 Å². The van der Waals surface area contributed by atoms with Gasteiger partial charge < -0.3 is 14.6 Å². The summed E-state index contributed by atoms with van der Waals surface area (Å²) in [6, 6.07) is 11.8. The zero-order chi connectivity index (χ0) is 15.2. The van der Waals surface area contributed by atoms with Gasteiger partial charge in [-0.1, -0.05) is 12.1 Å². The molecule has 0 spiro atoms. The van der Waals surface area contributed by atoms with E-state index in [1.807, 2.05) is 31.2 Å². The summed E-state index contributed by atoms with van der Waals surface area (Å²) in [5, 5.41) is 2.88. The number of amides is 1. The lowest BCUT2D eigenvalue weighted by Gasteiger charge is -2.11. The molecule has 2 aromatic rings. The maximum absolute atomic E-state index is 11.8. The van der Waals surface area contributed by atoms with Crippen LogP contribution in [0, 0.1) is 20.8 Å². The van der Waals surface area contributed by atoms with E-state index in [-0.39, 0.29) is 12.5 Å². The normalized spacial score (nSPS) is 10.4. The van der Waals surface area contributed by atoms with Crippen LogP contribution in [0.2, 0.25) is 0 Å². The van der Waals surface area contributed by atoms with Gasteiger partial charge in [-0.2, -0.15) is 0 Å². The number of nitrogens with one attached hydrogen (secondary N) is 1. The molecular formula is C17H22N2O2. The number of aryl methyl sites for hydroxylation is 3. The van der Waals surface area contributed by atoms with Gasteiger partial charge in [0.1, 0.15) is 5.75 Å². The number of ether oxygens (including phenoxy) is 1. The zero-order valence-electron chi connectivity index (χ0n) is 12.8. The van der Waals surface area contributed by atoms with Crippen LogP contribution in [0.4, 0.5) is 0 Å². The first-order chi connectivity index (χ1) is 10.1. The molecule has 1 heterocycles. The van der Waals surface area contributed by atoms with Crippen LogP contribution in [-0.2, 0) is 11.3 Å². The van der Waals surface area contributed by atoms with E-state index in [0.717, 1.165) is 17.9 Å². The minimum Gasteiger partial charge on any atom is -0.484 e. The number of nitrogens with zero attached hydrogens (tertiary/aromatic N) is 1. The van der Waals surface area contributed by atoms with Gasteiger partial charge in [0, 0.05) is 24.5 Å². The second kappa shape index (κ2) is 6.97. The highest BCUT2D eigenvalue weighted by molar-refractivity contribution is 5.77. The molecule has 0 atom stereocenters. The Balaban J connectivity index is 1.73. The smallest absolute Gasteiger partial charge is 0.258 e. The van der Waals surface area contributed by atoms with Gasteiger partial charge in [0.25, 0.3) is 5.91 Å². The van der Waals surface area contributed by atoms with Crippen LogP contribution in [0.3, 0.4) is 0 Å². The van der Waals surface area contributed by atoms with Gasteiger partial charge in [0.15, 0.2) is 6.61 Å². The summed E-state index contributed by atoms with van der Waals surface area (Å²) in [6.07, 6.45) is 0. The molecule has 1 N–H and O–H groups in total. The molecule has 0 bridgehead atoms. The molecule has 0 aliphatic rings. The molecule has 112 valence electrons. The Morgan fingerprint density at radius 2 is 1.86 bits per heavy atom. The third-order valence-electron chi connectivity index (χ3n) is 3.43. The van der Waals surface area contributed by atoms with Crippen LogP contribution in [0.1, 0.15) is 17.0 Å². The monoisotopic (exact) mass is 286 g/mol. The molecule has 0 saturated heterocycles. The Morgan fingerprint density at radius 3 is 2.52 bits per heavy atom. The fourth-order valence-electron chi connectivity index (χ4n) is 2.26. The fraction of sp³-hybridized carbons (Fsp3) is 0.353. The average Bonchev–Trinajstić information content (AvgIpc) is 2.77. The van der Waals surface area contributed by atoms with Crippen LogP contribution in [0.15, 0.2) is 36.4 Å². The van der Waals surface area contributed by atoms with Crippen LogP contribution in [0.25, 0.3) is 0 Å². The first-order valence-corrected chi connectivity index (χ1v) is 7.15. The highest BCUT2D eigenvalue weighted by Gasteiger charge is 2.04. The van der Waals surface area contributed by atoms with Gasteiger partial charge in [-0.05, 0) is 50.6 Å². The number of carbonyl (C=O) groups excluding carboxylic acids is 1. The van der Waals surface area contributed by atoms with Crippen molar-refractivity contribution in [1.29, 1.82) is 0 Å². The quantitative estimate of drug-likeness (QED) is 0.887. The molecule has 0 aliphatic heterocycles. The minimum atomic E-state index is -0.0982. The summed E-state index contributed by atoms with van der Waals surface area (Å²) >= 11 is 0. The number of benzene rings is 1. The predicted octanol–water partition coefficient (Wildman–Crippen LogP) is 2.61. The highest BCUT2D eigenvalue weighted by atomic mass is 16.5. The first kappa shape index (κ1) is 15.2. The summed E-state index contributed by atoms with van der Waals surface area (Å²) in [6.45, 7) is 7.56. The molecular weight excluding hydrogens is 264 g/mol. The molecule has 0 fully saturated rings. The standard InChI is InChI=1S/C17H22N2O2/c1-13-5-4-6-16(11-13)21-12-17(20)18-9-10-19-14(2)7-8-15(19)3/h4-8,11H,9-10,12H2,1-3H3,(H,18,20). The first-order valence-electron chi connectivity index (χ1n) is 7.15. The lowest BCUT2D eigenvalue weighted by molar-refractivity contribution is -0.123. The summed E-state index contributed by atoms with van der Waals surface area (Å²) in [4.78, 5) is 11.8. The molecule has 4 heteroatoms. The van der Waals surface area contributed by atoms with Crippen LogP contribution in [-0.4, -0.2) is 23.6 Å². The predicted molar refractivity (Wildman–Crippen MR) is 83.6 cm³/mol. The van der Waals surface area contributed by atoms with E-state index in [1.165, 1.54) is 11.4 Å². The summed E-state index contributed by atoms with van der Waals surface area (Å²) in [5.74, 6) is 0.626. The van der Waals surface area contributed by atoms with E-state index < -0.39 is 0 Å². The summed E-state index contributed by atoms with van der Waals surface area (Å²) < 4.78 is 7.65. The van der Waals surface area contributed by atoms with Crippen molar-refractivity contribution in [2.75, 3.05) is 13.2 Å². The molecule has 1 amide bonds. The van der Waals surface area contributed by atoms with E-state index in [2.05, 4.69) is 35.9 Å². The van der Waals surface area contributed by atoms with Crippen molar-refractivity contribution in [1.82, 2.24) is 9.88 Å². The van der Waals surface area contributed by atoms with E-state index in [1.54, 1.807) is 0 Å². The van der Waals surface area contributed by atoms with Crippen molar-refractivity contribution in [3.63, 3.8) is 0 Å². The van der Waals surface area contributed by atoms with Crippen molar-refractivity contribution >= 4 is 5.91 Å². The van der Waals surface area contributed by atoms with Crippen molar-refractivity contribution in [2.45, 2.75) is 27.3 Å². The molecule has 0 saturated carbocycles.